The fourth-order valence-corrected chi connectivity index (χ4v) is 6.86. The first-order valence-corrected chi connectivity index (χ1v) is 11.6. The molecule has 0 bridgehead atoms. The summed E-state index contributed by atoms with van der Waals surface area (Å²) in [6.45, 7) is 5.39. The molecule has 1 aromatic rings. The van der Waals surface area contributed by atoms with E-state index in [2.05, 4.69) is 22.2 Å². The second-order valence-corrected chi connectivity index (χ2v) is 10.1. The van der Waals surface area contributed by atoms with Gasteiger partial charge < -0.3 is 20.0 Å². The Labute approximate surface area is 179 Å². The lowest BCUT2D eigenvalue weighted by atomic mass is 9.65. The van der Waals surface area contributed by atoms with Gasteiger partial charge in [-0.15, -0.1) is 0 Å². The van der Waals surface area contributed by atoms with E-state index in [9.17, 15) is 9.59 Å². The van der Waals surface area contributed by atoms with E-state index >= 15 is 0 Å². The van der Waals surface area contributed by atoms with Crippen LogP contribution in [0.15, 0.2) is 30.3 Å². The largest absolute Gasteiger partial charge is 0.342 e. The van der Waals surface area contributed by atoms with Crippen LogP contribution in [0.1, 0.15) is 38.5 Å². The Bertz CT molecular complexity index is 799. The van der Waals surface area contributed by atoms with Gasteiger partial charge in [-0.25, -0.2) is 4.79 Å². The number of benzene rings is 1. The lowest BCUT2D eigenvalue weighted by molar-refractivity contribution is -0.142. The fourth-order valence-electron chi connectivity index (χ4n) is 6.86. The zero-order chi connectivity index (χ0) is 20.8. The maximum atomic E-state index is 13.6. The van der Waals surface area contributed by atoms with Crippen molar-refractivity contribution >= 4 is 17.6 Å². The van der Waals surface area contributed by atoms with Gasteiger partial charge in [0.2, 0.25) is 5.91 Å². The number of rotatable bonds is 2. The molecular formula is C24H34N4O2. The number of likely N-dealkylation sites (tertiary alicyclic amines) is 3. The topological polar surface area (TPSA) is 55.9 Å². The molecule has 1 aliphatic carbocycles. The maximum absolute atomic E-state index is 13.6. The Kier molecular flexibility index (Phi) is 5.00. The van der Waals surface area contributed by atoms with Gasteiger partial charge in [0, 0.05) is 45.0 Å². The summed E-state index contributed by atoms with van der Waals surface area (Å²) in [5.74, 6) is 0.859. The van der Waals surface area contributed by atoms with Crippen LogP contribution in [-0.2, 0) is 4.79 Å². The normalized spacial score (nSPS) is 30.6. The molecule has 5 rings (SSSR count). The van der Waals surface area contributed by atoms with Crippen LogP contribution in [0.4, 0.5) is 10.5 Å². The molecule has 6 nitrogen and oxygen atoms in total. The average Bonchev–Trinajstić information content (AvgIpc) is 3.47. The van der Waals surface area contributed by atoms with Crippen molar-refractivity contribution in [2.24, 2.45) is 16.7 Å². The number of nitrogens with zero attached hydrogens (tertiary/aromatic N) is 3. The van der Waals surface area contributed by atoms with Crippen LogP contribution in [0, 0.1) is 16.7 Å². The molecule has 6 heteroatoms. The molecule has 3 saturated heterocycles. The Hall–Kier alpha value is -2.08. The number of hydrogen-bond acceptors (Lipinski definition) is 3. The molecule has 1 N–H and O–H groups in total. The highest BCUT2D eigenvalue weighted by molar-refractivity contribution is 5.89. The molecule has 2 atom stereocenters. The van der Waals surface area contributed by atoms with Crippen molar-refractivity contribution in [1.29, 1.82) is 0 Å². The Morgan fingerprint density at radius 2 is 1.63 bits per heavy atom. The highest BCUT2D eigenvalue weighted by Crippen LogP contribution is 2.62. The number of fused-ring (bicyclic) bond motifs is 2. The molecule has 30 heavy (non-hydrogen) atoms. The Balaban J connectivity index is 1.28. The lowest BCUT2D eigenvalue weighted by Crippen LogP contribution is -2.50. The van der Waals surface area contributed by atoms with Crippen molar-refractivity contribution < 1.29 is 9.59 Å². The number of nitrogens with one attached hydrogen (secondary N) is 1. The van der Waals surface area contributed by atoms with Gasteiger partial charge in [0.05, 0.1) is 5.41 Å². The van der Waals surface area contributed by atoms with Gasteiger partial charge in [-0.2, -0.15) is 0 Å². The van der Waals surface area contributed by atoms with E-state index in [0.29, 0.717) is 11.8 Å². The number of piperidine rings is 1. The van der Waals surface area contributed by atoms with Crippen molar-refractivity contribution in [2.75, 3.05) is 51.6 Å². The van der Waals surface area contributed by atoms with E-state index in [0.717, 1.165) is 83.5 Å². The van der Waals surface area contributed by atoms with Crippen molar-refractivity contribution in [3.8, 4) is 0 Å². The molecule has 162 valence electrons. The summed E-state index contributed by atoms with van der Waals surface area (Å²) in [6, 6.07) is 9.67. The number of carbonyl (C=O) groups is 2. The second kappa shape index (κ2) is 7.56. The molecular weight excluding hydrogens is 376 g/mol. The number of carbonyl (C=O) groups excluding carboxylic acids is 2. The van der Waals surface area contributed by atoms with Crippen LogP contribution in [0.2, 0.25) is 0 Å². The first kappa shape index (κ1) is 19.9. The lowest BCUT2D eigenvalue weighted by Gasteiger charge is -2.44. The summed E-state index contributed by atoms with van der Waals surface area (Å²) in [5.41, 5.74) is 0.869. The van der Waals surface area contributed by atoms with Gasteiger partial charge in [-0.1, -0.05) is 18.2 Å². The van der Waals surface area contributed by atoms with Crippen LogP contribution < -0.4 is 5.32 Å². The molecule has 3 aliphatic heterocycles. The predicted molar refractivity (Wildman–Crippen MR) is 117 cm³/mol. The molecule has 0 radical (unpaired) electrons. The van der Waals surface area contributed by atoms with Crippen molar-refractivity contribution in [2.45, 2.75) is 38.5 Å². The van der Waals surface area contributed by atoms with Gasteiger partial charge in [0.15, 0.2) is 0 Å². The van der Waals surface area contributed by atoms with E-state index < -0.39 is 0 Å². The first-order valence-electron chi connectivity index (χ1n) is 11.6. The minimum atomic E-state index is -0.187. The van der Waals surface area contributed by atoms with Gasteiger partial charge in [-0.3, -0.25) is 4.79 Å². The van der Waals surface area contributed by atoms with Gasteiger partial charge in [-0.05, 0) is 69.0 Å². The summed E-state index contributed by atoms with van der Waals surface area (Å²) in [5, 5.41) is 3.02. The molecule has 1 saturated carbocycles. The average molecular weight is 411 g/mol. The van der Waals surface area contributed by atoms with Crippen LogP contribution in [-0.4, -0.2) is 73.0 Å². The molecule has 0 aromatic heterocycles. The molecule has 1 aromatic carbocycles. The number of hydrogen-bond donors (Lipinski definition) is 1. The van der Waals surface area contributed by atoms with Gasteiger partial charge >= 0.3 is 6.03 Å². The van der Waals surface area contributed by atoms with Crippen LogP contribution in [0.3, 0.4) is 0 Å². The highest BCUT2D eigenvalue weighted by Gasteiger charge is 2.64. The van der Waals surface area contributed by atoms with E-state index in [1.165, 1.54) is 0 Å². The Morgan fingerprint density at radius 3 is 2.33 bits per heavy atom. The third-order valence-corrected chi connectivity index (χ3v) is 8.41. The van der Waals surface area contributed by atoms with E-state index in [1.807, 2.05) is 35.2 Å². The highest BCUT2D eigenvalue weighted by atomic mass is 16.2. The van der Waals surface area contributed by atoms with Crippen LogP contribution >= 0.6 is 0 Å². The zero-order valence-corrected chi connectivity index (χ0v) is 18.1. The minimum absolute atomic E-state index is 0.00278. The van der Waals surface area contributed by atoms with E-state index in [4.69, 9.17) is 0 Å². The summed E-state index contributed by atoms with van der Waals surface area (Å²) in [7, 11) is 2.17. The monoisotopic (exact) mass is 410 g/mol. The van der Waals surface area contributed by atoms with Crippen molar-refractivity contribution in [3.05, 3.63) is 30.3 Å². The molecule has 0 unspecified atom stereocenters. The summed E-state index contributed by atoms with van der Waals surface area (Å²) in [4.78, 5) is 32.9. The Morgan fingerprint density at radius 1 is 0.933 bits per heavy atom. The number of anilines is 1. The summed E-state index contributed by atoms with van der Waals surface area (Å²) < 4.78 is 0. The quantitative estimate of drug-likeness (QED) is 0.814. The van der Waals surface area contributed by atoms with Crippen molar-refractivity contribution in [1.82, 2.24) is 14.7 Å². The van der Waals surface area contributed by atoms with Crippen LogP contribution in [0.25, 0.3) is 0 Å². The minimum Gasteiger partial charge on any atom is -0.342 e. The standard InChI is InChI=1S/C24H34N4O2/c1-26-17-20-23(9-10-24(20,18-26)21(29)27-13-5-6-14-27)11-15-28(16-12-23)22(30)25-19-7-3-2-4-8-19/h2-4,7-8,20H,5-6,9-18H2,1H3,(H,25,30)/t20-,24+/m0/s1. The third kappa shape index (κ3) is 3.20. The van der Waals surface area contributed by atoms with Crippen molar-refractivity contribution in [3.63, 3.8) is 0 Å². The molecule has 4 aliphatic rings. The number of urea groups is 1. The van der Waals surface area contributed by atoms with E-state index in [-0.39, 0.29) is 16.9 Å². The molecule has 1 spiro atoms. The van der Waals surface area contributed by atoms with E-state index in [1.54, 1.807) is 0 Å². The maximum Gasteiger partial charge on any atom is 0.321 e. The summed E-state index contributed by atoms with van der Waals surface area (Å²) in [6.07, 6.45) is 6.50. The number of para-hydroxylation sites is 1. The zero-order valence-electron chi connectivity index (χ0n) is 18.1. The van der Waals surface area contributed by atoms with Crippen LogP contribution in [0.5, 0.6) is 0 Å². The number of amides is 3. The molecule has 3 heterocycles. The third-order valence-electron chi connectivity index (χ3n) is 8.41. The smallest absolute Gasteiger partial charge is 0.321 e. The molecule has 4 fully saturated rings. The van der Waals surface area contributed by atoms with Gasteiger partial charge in [0.25, 0.3) is 0 Å². The fraction of sp³-hybridized carbons (Fsp3) is 0.667. The molecule has 3 amide bonds. The van der Waals surface area contributed by atoms with Gasteiger partial charge in [0.1, 0.15) is 0 Å². The summed E-state index contributed by atoms with van der Waals surface area (Å²) >= 11 is 0. The first-order chi connectivity index (χ1) is 14.5. The predicted octanol–water partition coefficient (Wildman–Crippen LogP) is 3.26. The SMILES string of the molecule is CN1C[C@H]2C3(CCN(C(=O)Nc4ccccc4)CC3)CC[C@@]2(C(=O)N2CCCC2)C1. The second-order valence-electron chi connectivity index (χ2n) is 10.1.